The van der Waals surface area contributed by atoms with E-state index in [2.05, 4.69) is 10.6 Å². The first-order chi connectivity index (χ1) is 30.6. The number of phosphoric acid groups is 1. The molecule has 65 heavy (non-hydrogen) atoms. The molecule has 16 atom stereocenters. The summed E-state index contributed by atoms with van der Waals surface area (Å²) in [7, 11) is -4.62. The first kappa shape index (κ1) is 58.5. The molecule has 2 fully saturated rings. The topological polar surface area (TPSA) is 404 Å². The normalized spacial score (nSPS) is 29.1. The Labute approximate surface area is 374 Å². The Balaban J connectivity index is 1.80. The molecule has 0 spiro atoms. The second-order valence-electron chi connectivity index (χ2n) is 15.1. The Kier molecular flexibility index (Phi) is 27.0. The summed E-state index contributed by atoms with van der Waals surface area (Å²) in [6, 6.07) is 0. The minimum absolute atomic E-state index is 0.0288. The summed E-state index contributed by atoms with van der Waals surface area (Å²) in [4.78, 5) is 56.7. The van der Waals surface area contributed by atoms with Crippen molar-refractivity contribution in [3.8, 4) is 0 Å². The molecule has 2 amide bonds. The monoisotopic (exact) mass is 970 g/mol. The fraction of sp³-hybridized carbons (Fsp3) is 0.892. The van der Waals surface area contributed by atoms with E-state index in [-0.39, 0.29) is 44.9 Å². The average molecular weight is 971 g/mol. The van der Waals surface area contributed by atoms with Gasteiger partial charge in [0.2, 0.25) is 11.8 Å². The van der Waals surface area contributed by atoms with Crippen LogP contribution in [-0.4, -0.2) is 226 Å². The van der Waals surface area contributed by atoms with Gasteiger partial charge < -0.3 is 99.4 Å². The molecular formula is C37H67N2O25P. The molecule has 0 saturated carbocycles. The van der Waals surface area contributed by atoms with Crippen molar-refractivity contribution in [3.05, 3.63) is 0 Å². The van der Waals surface area contributed by atoms with Crippen molar-refractivity contribution in [2.75, 3.05) is 59.3 Å². The van der Waals surface area contributed by atoms with Gasteiger partial charge in [0.15, 0.2) is 25.0 Å². The Morgan fingerprint density at radius 2 is 1.35 bits per heavy atom. The van der Waals surface area contributed by atoms with Crippen molar-refractivity contribution in [2.45, 2.75) is 152 Å². The standard InChI is InChI=1S/C37H67N2O25P/c1-19-29(47)31(49)34(52)37(60-19)61-20(2)35(63-25(14-40)24(44)18-57-36-33(51)32(50)30(48)26(15-41)64-36)55-12-7-10-38-27(45)8-5-6-9-28(46)39-11-13-58-65(53,54)59-17-23(62-22(4)43)16-56-21(3)42/h19-20,23-26,29-37,40-41,44,47-52H,5-18H2,1-4H3,(H,38,45)(H,39,46)(H,53,54)/t19?,20-,23?,24+,25?,26?,29+,30-,31?,32-,33?,34-,35+,36-,37-/m0/s1. The third-order valence-electron chi connectivity index (χ3n) is 9.63. The molecule has 0 bridgehead atoms. The second kappa shape index (κ2) is 30.0. The third-order valence-corrected chi connectivity index (χ3v) is 10.6. The molecule has 0 aromatic carbocycles. The smallest absolute Gasteiger partial charge is 0.462 e. The van der Waals surface area contributed by atoms with Crippen molar-refractivity contribution >= 4 is 31.6 Å². The molecular weight excluding hydrogens is 903 g/mol. The number of ether oxygens (including phenoxy) is 8. The highest BCUT2D eigenvalue weighted by molar-refractivity contribution is 7.47. The van der Waals surface area contributed by atoms with Crippen LogP contribution in [0.1, 0.15) is 59.8 Å². The number of carbonyl (C=O) groups is 4. The SMILES string of the molecule is CC(=O)OCC(COP(=O)(O)OCCNC(=O)CCCCC(=O)NCCCO[C@H](OC(CO)[C@H](O)CO[C@H]1OC(CO)[C@H](O)[C@H](O)C1O)[C@H](C)O[C@@H]1OC(C)[C@@H](O)C(O)[C@@H]1O)OC(C)=O. The number of aliphatic hydroxyl groups is 9. The lowest BCUT2D eigenvalue weighted by Gasteiger charge is -2.41. The number of unbranched alkanes of at least 4 members (excludes halogenated alkanes) is 1. The number of rotatable bonds is 31. The molecule has 380 valence electrons. The minimum Gasteiger partial charge on any atom is -0.462 e. The molecule has 2 saturated heterocycles. The Hall–Kier alpha value is -2.61. The summed E-state index contributed by atoms with van der Waals surface area (Å²) < 4.78 is 64.8. The molecule has 2 rings (SSSR count). The van der Waals surface area contributed by atoms with Crippen molar-refractivity contribution in [3.63, 3.8) is 0 Å². The minimum atomic E-state index is -4.62. The number of aliphatic hydroxyl groups excluding tert-OH is 9. The van der Waals surface area contributed by atoms with Gasteiger partial charge in [0.25, 0.3) is 0 Å². The second-order valence-corrected chi connectivity index (χ2v) is 16.6. The van der Waals surface area contributed by atoms with Gasteiger partial charge in [-0.3, -0.25) is 28.2 Å². The summed E-state index contributed by atoms with van der Waals surface area (Å²) in [5.41, 5.74) is 0. The van der Waals surface area contributed by atoms with Gasteiger partial charge in [-0.15, -0.1) is 0 Å². The van der Waals surface area contributed by atoms with Crippen LogP contribution in [0.2, 0.25) is 0 Å². The zero-order chi connectivity index (χ0) is 48.9. The van der Waals surface area contributed by atoms with Gasteiger partial charge in [0, 0.05) is 39.8 Å². The fourth-order valence-electron chi connectivity index (χ4n) is 6.00. The lowest BCUT2D eigenvalue weighted by molar-refractivity contribution is -0.332. The molecule has 2 heterocycles. The summed E-state index contributed by atoms with van der Waals surface area (Å²) in [5.74, 6) is -2.17. The van der Waals surface area contributed by atoms with E-state index < -0.39 is 157 Å². The van der Waals surface area contributed by atoms with Gasteiger partial charge in [-0.2, -0.15) is 0 Å². The molecule has 0 aromatic rings. The number of esters is 2. The molecule has 2 aliphatic heterocycles. The van der Waals surface area contributed by atoms with Crippen LogP contribution in [0.25, 0.3) is 0 Å². The van der Waals surface area contributed by atoms with Crippen LogP contribution >= 0.6 is 7.82 Å². The van der Waals surface area contributed by atoms with E-state index >= 15 is 0 Å². The first-order valence-electron chi connectivity index (χ1n) is 20.9. The van der Waals surface area contributed by atoms with E-state index in [0.717, 1.165) is 13.8 Å². The number of nitrogens with one attached hydrogen (secondary N) is 2. The van der Waals surface area contributed by atoms with Crippen molar-refractivity contribution in [2.24, 2.45) is 0 Å². The predicted molar refractivity (Wildman–Crippen MR) is 213 cm³/mol. The van der Waals surface area contributed by atoms with E-state index in [1.54, 1.807) is 0 Å². The van der Waals surface area contributed by atoms with Crippen molar-refractivity contribution < 1.29 is 122 Å². The average Bonchev–Trinajstić information content (AvgIpc) is 3.25. The van der Waals surface area contributed by atoms with Gasteiger partial charge in [-0.1, -0.05) is 0 Å². The van der Waals surface area contributed by atoms with Crippen LogP contribution in [0.15, 0.2) is 0 Å². The van der Waals surface area contributed by atoms with Gasteiger partial charge in [-0.25, -0.2) is 4.57 Å². The molecule has 7 unspecified atom stereocenters. The fourth-order valence-corrected chi connectivity index (χ4v) is 6.75. The van der Waals surface area contributed by atoms with E-state index in [1.165, 1.54) is 13.8 Å². The summed E-state index contributed by atoms with van der Waals surface area (Å²) in [5, 5.41) is 96.6. The molecule has 2 aliphatic rings. The quantitative estimate of drug-likeness (QED) is 0.0134. The molecule has 12 N–H and O–H groups in total. The summed E-state index contributed by atoms with van der Waals surface area (Å²) in [6.07, 6.45) is -21.1. The van der Waals surface area contributed by atoms with Crippen LogP contribution in [0.3, 0.4) is 0 Å². The number of phosphoric ester groups is 1. The molecule has 0 aliphatic carbocycles. The van der Waals surface area contributed by atoms with Crippen LogP contribution < -0.4 is 10.6 Å². The third kappa shape index (κ3) is 21.5. The highest BCUT2D eigenvalue weighted by atomic mass is 31.2. The lowest BCUT2D eigenvalue weighted by Crippen LogP contribution is -2.59. The van der Waals surface area contributed by atoms with Crippen LogP contribution in [0.4, 0.5) is 0 Å². The lowest BCUT2D eigenvalue weighted by atomic mass is 9.99. The summed E-state index contributed by atoms with van der Waals surface area (Å²) in [6.45, 7) is 1.28. The van der Waals surface area contributed by atoms with Gasteiger partial charge in [0.1, 0.15) is 67.6 Å². The van der Waals surface area contributed by atoms with E-state index in [9.17, 15) is 74.6 Å². The maximum absolute atomic E-state index is 12.4. The number of hydrogen-bond acceptors (Lipinski definition) is 24. The van der Waals surface area contributed by atoms with E-state index in [4.69, 9.17) is 46.9 Å². The zero-order valence-corrected chi connectivity index (χ0v) is 37.5. The van der Waals surface area contributed by atoms with Crippen LogP contribution in [0.5, 0.6) is 0 Å². The highest BCUT2D eigenvalue weighted by Gasteiger charge is 2.46. The Morgan fingerprint density at radius 3 is 1.95 bits per heavy atom. The zero-order valence-electron chi connectivity index (χ0n) is 36.6. The molecule has 27 nitrogen and oxygen atoms in total. The maximum atomic E-state index is 12.4. The van der Waals surface area contributed by atoms with Gasteiger partial charge in [0.05, 0.1) is 45.7 Å². The van der Waals surface area contributed by atoms with Crippen LogP contribution in [-0.2, 0) is 70.7 Å². The molecule has 0 aromatic heterocycles. The molecule has 28 heteroatoms. The van der Waals surface area contributed by atoms with E-state index in [0.29, 0.717) is 12.8 Å². The Bertz CT molecular complexity index is 1470. The maximum Gasteiger partial charge on any atom is 0.472 e. The van der Waals surface area contributed by atoms with Gasteiger partial charge >= 0.3 is 19.8 Å². The van der Waals surface area contributed by atoms with Crippen molar-refractivity contribution in [1.29, 1.82) is 0 Å². The largest absolute Gasteiger partial charge is 0.472 e. The van der Waals surface area contributed by atoms with Gasteiger partial charge in [-0.05, 0) is 33.1 Å². The number of amides is 2. The summed E-state index contributed by atoms with van der Waals surface area (Å²) >= 11 is 0. The van der Waals surface area contributed by atoms with Crippen molar-refractivity contribution in [1.82, 2.24) is 10.6 Å². The highest BCUT2D eigenvalue weighted by Crippen LogP contribution is 2.43. The predicted octanol–water partition coefficient (Wildman–Crippen LogP) is -5.07. The first-order valence-corrected chi connectivity index (χ1v) is 22.4. The molecule has 0 radical (unpaired) electrons. The number of hydrogen-bond donors (Lipinski definition) is 12. The van der Waals surface area contributed by atoms with E-state index in [1.807, 2.05) is 0 Å². The van der Waals surface area contributed by atoms with Crippen LogP contribution in [0, 0.1) is 0 Å². The Morgan fingerprint density at radius 1 is 0.738 bits per heavy atom. The number of carbonyl (C=O) groups excluding carboxylic acids is 4.